The minimum Gasteiger partial charge on any atom is -0.378 e. The lowest BCUT2D eigenvalue weighted by Gasteiger charge is -2.28. The Bertz CT molecular complexity index is 731. The van der Waals surface area contributed by atoms with E-state index in [9.17, 15) is 4.79 Å². The molecular formula is C18H20ClN3O2. The number of aromatic nitrogens is 2. The van der Waals surface area contributed by atoms with Crippen molar-refractivity contribution in [3.8, 4) is 0 Å². The molecule has 2 aromatic rings. The van der Waals surface area contributed by atoms with Gasteiger partial charge in [-0.15, -0.1) is 0 Å². The standard InChI is InChI=1S/C18H20ClN3O2/c1-2-22-17(16(19)13-20-22)7-8-18(23)14-3-5-15(6-4-14)21-9-11-24-12-10-21/h3-8,13H,2,9-12H2,1H3/b8-7+. The smallest absolute Gasteiger partial charge is 0.185 e. The van der Waals surface area contributed by atoms with Crippen molar-refractivity contribution in [3.05, 3.63) is 52.8 Å². The van der Waals surface area contributed by atoms with Crippen LogP contribution >= 0.6 is 11.6 Å². The van der Waals surface area contributed by atoms with Gasteiger partial charge in [-0.05, 0) is 43.3 Å². The van der Waals surface area contributed by atoms with E-state index in [1.807, 2.05) is 31.2 Å². The van der Waals surface area contributed by atoms with Gasteiger partial charge in [-0.2, -0.15) is 5.10 Å². The predicted molar refractivity (Wildman–Crippen MR) is 95.7 cm³/mol. The van der Waals surface area contributed by atoms with Crippen LogP contribution in [0.4, 0.5) is 5.69 Å². The van der Waals surface area contributed by atoms with Crippen LogP contribution < -0.4 is 4.90 Å². The number of nitrogens with zero attached hydrogens (tertiary/aromatic N) is 3. The van der Waals surface area contributed by atoms with E-state index in [1.54, 1.807) is 23.0 Å². The Hall–Kier alpha value is -2.11. The molecule has 0 aliphatic carbocycles. The summed E-state index contributed by atoms with van der Waals surface area (Å²) in [5.74, 6) is -0.0524. The Balaban J connectivity index is 1.70. The van der Waals surface area contributed by atoms with Crippen LogP contribution in [0.2, 0.25) is 5.02 Å². The number of benzene rings is 1. The Kier molecular flexibility index (Phi) is 5.33. The van der Waals surface area contributed by atoms with Gasteiger partial charge in [0.1, 0.15) is 0 Å². The van der Waals surface area contributed by atoms with Gasteiger partial charge in [-0.1, -0.05) is 11.6 Å². The van der Waals surface area contributed by atoms with Crippen molar-refractivity contribution in [2.75, 3.05) is 31.2 Å². The third-order valence-corrected chi connectivity index (χ3v) is 4.34. The number of anilines is 1. The van der Waals surface area contributed by atoms with E-state index in [1.165, 1.54) is 0 Å². The third kappa shape index (κ3) is 3.68. The first-order valence-corrected chi connectivity index (χ1v) is 8.43. The summed E-state index contributed by atoms with van der Waals surface area (Å²) in [4.78, 5) is 14.6. The van der Waals surface area contributed by atoms with Gasteiger partial charge in [-0.3, -0.25) is 9.48 Å². The molecule has 2 heterocycles. The van der Waals surface area contributed by atoms with Crippen LogP contribution in [-0.2, 0) is 11.3 Å². The molecule has 3 rings (SSSR count). The van der Waals surface area contributed by atoms with E-state index in [4.69, 9.17) is 16.3 Å². The fraction of sp³-hybridized carbons (Fsp3) is 0.333. The molecule has 5 nitrogen and oxygen atoms in total. The number of ether oxygens (including phenoxy) is 1. The summed E-state index contributed by atoms with van der Waals surface area (Å²) in [6, 6.07) is 7.68. The van der Waals surface area contributed by atoms with Crippen LogP contribution in [0.5, 0.6) is 0 Å². The zero-order valence-electron chi connectivity index (χ0n) is 13.6. The molecule has 24 heavy (non-hydrogen) atoms. The molecule has 0 radical (unpaired) electrons. The highest BCUT2D eigenvalue weighted by atomic mass is 35.5. The molecule has 126 valence electrons. The number of hydrogen-bond acceptors (Lipinski definition) is 4. The number of hydrogen-bond donors (Lipinski definition) is 0. The fourth-order valence-corrected chi connectivity index (χ4v) is 2.90. The SMILES string of the molecule is CCn1ncc(Cl)c1/C=C/C(=O)c1ccc(N2CCOCC2)cc1. The van der Waals surface area contributed by atoms with Gasteiger partial charge < -0.3 is 9.64 Å². The highest BCUT2D eigenvalue weighted by Crippen LogP contribution is 2.19. The second-order valence-corrected chi connectivity index (χ2v) is 5.94. The molecular weight excluding hydrogens is 326 g/mol. The monoisotopic (exact) mass is 345 g/mol. The minimum atomic E-state index is -0.0524. The van der Waals surface area contributed by atoms with Gasteiger partial charge in [-0.25, -0.2) is 0 Å². The molecule has 0 bridgehead atoms. The van der Waals surface area contributed by atoms with Crippen molar-refractivity contribution in [1.82, 2.24) is 9.78 Å². The van der Waals surface area contributed by atoms with E-state index in [2.05, 4.69) is 10.00 Å². The number of rotatable bonds is 5. The maximum Gasteiger partial charge on any atom is 0.185 e. The third-order valence-electron chi connectivity index (χ3n) is 4.05. The number of aryl methyl sites for hydroxylation is 1. The van der Waals surface area contributed by atoms with Gasteiger partial charge in [0.05, 0.1) is 30.1 Å². The maximum atomic E-state index is 12.3. The van der Waals surface area contributed by atoms with Gasteiger partial charge in [0.25, 0.3) is 0 Å². The lowest BCUT2D eigenvalue weighted by atomic mass is 10.1. The first-order chi connectivity index (χ1) is 11.7. The van der Waals surface area contributed by atoms with Gasteiger partial charge in [0, 0.05) is 30.9 Å². The van der Waals surface area contributed by atoms with E-state index < -0.39 is 0 Å². The largest absolute Gasteiger partial charge is 0.378 e. The number of ketones is 1. The number of carbonyl (C=O) groups is 1. The fourth-order valence-electron chi connectivity index (χ4n) is 2.70. The normalized spacial score (nSPS) is 15.2. The van der Waals surface area contributed by atoms with E-state index in [0.29, 0.717) is 17.1 Å². The predicted octanol–water partition coefficient (Wildman–Crippen LogP) is 3.29. The topological polar surface area (TPSA) is 47.4 Å². The summed E-state index contributed by atoms with van der Waals surface area (Å²) in [5.41, 5.74) is 2.52. The quantitative estimate of drug-likeness (QED) is 0.616. The van der Waals surface area contributed by atoms with Crippen molar-refractivity contribution in [3.63, 3.8) is 0 Å². The number of carbonyl (C=O) groups excluding carboxylic acids is 1. The zero-order valence-corrected chi connectivity index (χ0v) is 14.4. The summed E-state index contributed by atoms with van der Waals surface area (Å²) in [6.07, 6.45) is 4.85. The minimum absolute atomic E-state index is 0.0524. The average Bonchev–Trinajstić information content (AvgIpc) is 3.00. The molecule has 1 aliphatic heterocycles. The van der Waals surface area contributed by atoms with Crippen molar-refractivity contribution in [2.45, 2.75) is 13.5 Å². The first-order valence-electron chi connectivity index (χ1n) is 8.05. The summed E-state index contributed by atoms with van der Waals surface area (Å²) in [5, 5.41) is 4.70. The lowest BCUT2D eigenvalue weighted by molar-refractivity contribution is 0.104. The molecule has 6 heteroatoms. The van der Waals surface area contributed by atoms with E-state index >= 15 is 0 Å². The molecule has 1 aromatic heterocycles. The Labute approximate surface area is 146 Å². The zero-order chi connectivity index (χ0) is 16.9. The highest BCUT2D eigenvalue weighted by Gasteiger charge is 2.12. The summed E-state index contributed by atoms with van der Waals surface area (Å²) in [6.45, 7) is 5.94. The average molecular weight is 346 g/mol. The Morgan fingerprint density at radius 3 is 2.67 bits per heavy atom. The van der Waals surface area contributed by atoms with Crippen molar-refractivity contribution in [2.24, 2.45) is 0 Å². The molecule has 1 aliphatic rings. The van der Waals surface area contributed by atoms with E-state index in [0.717, 1.165) is 37.7 Å². The van der Waals surface area contributed by atoms with Crippen molar-refractivity contribution in [1.29, 1.82) is 0 Å². The van der Waals surface area contributed by atoms with Gasteiger partial charge >= 0.3 is 0 Å². The van der Waals surface area contributed by atoms with Crippen molar-refractivity contribution < 1.29 is 9.53 Å². The van der Waals surface area contributed by atoms with E-state index in [-0.39, 0.29) is 5.78 Å². The van der Waals surface area contributed by atoms with Crippen LogP contribution in [-0.4, -0.2) is 41.9 Å². The molecule has 0 N–H and O–H groups in total. The summed E-state index contributed by atoms with van der Waals surface area (Å²) in [7, 11) is 0. The number of morpholine rings is 1. The summed E-state index contributed by atoms with van der Waals surface area (Å²) < 4.78 is 7.11. The van der Waals surface area contributed by atoms with Gasteiger partial charge in [0.15, 0.2) is 5.78 Å². The van der Waals surface area contributed by atoms with Crippen molar-refractivity contribution >= 4 is 29.1 Å². The lowest BCUT2D eigenvalue weighted by Crippen LogP contribution is -2.36. The Morgan fingerprint density at radius 2 is 2.00 bits per heavy atom. The molecule has 1 aromatic carbocycles. The van der Waals surface area contributed by atoms with Crippen LogP contribution in [0, 0.1) is 0 Å². The molecule has 1 saturated heterocycles. The number of halogens is 1. The molecule has 0 spiro atoms. The maximum absolute atomic E-state index is 12.3. The molecule has 0 atom stereocenters. The van der Waals surface area contributed by atoms with Gasteiger partial charge in [0.2, 0.25) is 0 Å². The molecule has 1 fully saturated rings. The summed E-state index contributed by atoms with van der Waals surface area (Å²) >= 11 is 6.10. The second-order valence-electron chi connectivity index (χ2n) is 5.54. The van der Waals surface area contributed by atoms with Crippen LogP contribution in [0.3, 0.4) is 0 Å². The van der Waals surface area contributed by atoms with Crippen LogP contribution in [0.25, 0.3) is 6.08 Å². The number of allylic oxidation sites excluding steroid dienone is 1. The highest BCUT2D eigenvalue weighted by molar-refractivity contribution is 6.31. The first kappa shape index (κ1) is 16.7. The Morgan fingerprint density at radius 1 is 1.29 bits per heavy atom. The van der Waals surface area contributed by atoms with Crippen LogP contribution in [0.15, 0.2) is 36.5 Å². The second kappa shape index (κ2) is 7.64. The molecule has 0 saturated carbocycles. The van der Waals surface area contributed by atoms with Crippen LogP contribution in [0.1, 0.15) is 23.0 Å². The molecule has 0 unspecified atom stereocenters. The molecule has 0 amide bonds.